The smallest absolute Gasteiger partial charge is 0.248 e. The Labute approximate surface area is 434 Å². The molecule has 3 heterocycles. The summed E-state index contributed by atoms with van der Waals surface area (Å²) < 4.78 is 0. The van der Waals surface area contributed by atoms with E-state index in [1.165, 1.54) is 27.0 Å². The third-order valence-corrected chi connectivity index (χ3v) is 13.1. The van der Waals surface area contributed by atoms with Gasteiger partial charge in [0.2, 0.25) is 47.3 Å². The lowest BCUT2D eigenvalue weighted by Gasteiger charge is -2.33. The van der Waals surface area contributed by atoms with Crippen molar-refractivity contribution in [3.05, 3.63) is 84.1 Å². The number of rotatable bonds is 26. The van der Waals surface area contributed by atoms with Crippen LogP contribution in [0.3, 0.4) is 0 Å². The molecule has 8 atom stereocenters. The van der Waals surface area contributed by atoms with Crippen molar-refractivity contribution < 1.29 is 48.3 Å². The number of guanidine groups is 2. The fraction of sp³-hybridized carbons (Fsp3) is 0.500. The Kier molecular flexibility index (Phi) is 22.5. The summed E-state index contributed by atoms with van der Waals surface area (Å²) in [5.41, 5.74) is 29.2. The highest BCUT2D eigenvalue weighted by molar-refractivity contribution is 5.98. The van der Waals surface area contributed by atoms with Crippen LogP contribution in [-0.4, -0.2) is 173 Å². The molecule has 0 bridgehead atoms. The Hall–Kier alpha value is -7.93. The van der Waals surface area contributed by atoms with E-state index in [0.29, 0.717) is 44.0 Å². The lowest BCUT2D eigenvalue weighted by molar-refractivity contribution is -0.148. The van der Waals surface area contributed by atoms with Gasteiger partial charge in [0.25, 0.3) is 0 Å². The number of carbonyl (C=O) groups excluding carboxylic acids is 9. The van der Waals surface area contributed by atoms with E-state index >= 15 is 0 Å². The molecule has 406 valence electrons. The number of aliphatic hydroxyl groups excluding tert-OH is 1. The van der Waals surface area contributed by atoms with E-state index in [2.05, 4.69) is 36.6 Å². The molecular weight excluding hydrogens is 971 g/mol. The number of carbonyl (C=O) groups is 9. The molecule has 0 aromatic heterocycles. The fourth-order valence-electron chi connectivity index (χ4n) is 9.31. The maximum Gasteiger partial charge on any atom is 0.248 e. The minimum absolute atomic E-state index is 0.0465. The van der Waals surface area contributed by atoms with E-state index in [4.69, 9.17) is 28.7 Å². The van der Waals surface area contributed by atoms with E-state index in [-0.39, 0.29) is 76.6 Å². The maximum atomic E-state index is 14.3. The summed E-state index contributed by atoms with van der Waals surface area (Å²) in [5, 5.41) is 23.5. The molecule has 0 spiro atoms. The topological polar surface area (TPSA) is 399 Å². The number of nitrogens with two attached hydrogens (primary N) is 5. The van der Waals surface area contributed by atoms with E-state index in [9.17, 15) is 48.3 Å². The highest BCUT2D eigenvalue weighted by Gasteiger charge is 2.44. The van der Waals surface area contributed by atoms with Crippen LogP contribution in [0.2, 0.25) is 0 Å². The molecule has 16 N–H and O–H groups in total. The summed E-state index contributed by atoms with van der Waals surface area (Å²) >= 11 is 0. The Morgan fingerprint density at radius 3 is 1.83 bits per heavy atom. The van der Waals surface area contributed by atoms with Crippen molar-refractivity contribution in [2.45, 2.75) is 119 Å². The first-order valence-corrected chi connectivity index (χ1v) is 25.1. The van der Waals surface area contributed by atoms with Crippen LogP contribution < -0.4 is 55.3 Å². The van der Waals surface area contributed by atoms with Crippen molar-refractivity contribution in [1.82, 2.24) is 41.3 Å². The molecule has 3 aliphatic heterocycles. The number of amides is 8. The molecule has 3 fully saturated rings. The molecule has 0 radical (unpaired) electrons. The van der Waals surface area contributed by atoms with Crippen LogP contribution in [0.1, 0.15) is 68.9 Å². The van der Waals surface area contributed by atoms with Gasteiger partial charge in [0, 0.05) is 38.8 Å². The molecule has 25 nitrogen and oxygen atoms in total. The van der Waals surface area contributed by atoms with Gasteiger partial charge in [-0.1, -0.05) is 66.7 Å². The van der Waals surface area contributed by atoms with Crippen LogP contribution >= 0.6 is 0 Å². The first kappa shape index (κ1) is 58.0. The van der Waals surface area contributed by atoms with Gasteiger partial charge in [-0.25, -0.2) is 4.99 Å². The number of likely N-dealkylation sites (tertiary alicyclic amines) is 3. The van der Waals surface area contributed by atoms with Crippen molar-refractivity contribution in [2.24, 2.45) is 38.7 Å². The molecule has 0 saturated carbocycles. The van der Waals surface area contributed by atoms with Crippen LogP contribution in [0.4, 0.5) is 0 Å². The van der Waals surface area contributed by atoms with Crippen molar-refractivity contribution in [1.29, 1.82) is 0 Å². The summed E-state index contributed by atoms with van der Waals surface area (Å²) in [4.78, 5) is 134. The van der Waals surface area contributed by atoms with Gasteiger partial charge in [0.15, 0.2) is 11.9 Å². The number of nitrogens with one attached hydrogen (secondary N) is 5. The number of aliphatic imine (C=N–C) groups is 2. The summed E-state index contributed by atoms with van der Waals surface area (Å²) in [6.45, 7) is -0.719. The molecule has 25 heteroatoms. The van der Waals surface area contributed by atoms with E-state index in [1.807, 2.05) is 30.3 Å². The molecule has 2 aromatic rings. The van der Waals surface area contributed by atoms with Crippen molar-refractivity contribution >= 4 is 65.5 Å². The van der Waals surface area contributed by atoms with Crippen LogP contribution in [0.15, 0.2) is 82.9 Å². The molecule has 3 saturated heterocycles. The van der Waals surface area contributed by atoms with E-state index < -0.39 is 109 Å². The summed E-state index contributed by atoms with van der Waals surface area (Å²) in [5.74, 6) is -5.49. The van der Waals surface area contributed by atoms with Crippen molar-refractivity contribution in [2.75, 3.05) is 39.3 Å². The Bertz CT molecular complexity index is 2400. The summed E-state index contributed by atoms with van der Waals surface area (Å²) in [6.07, 6.45) is 6.28. The minimum Gasteiger partial charge on any atom is -0.394 e. The van der Waals surface area contributed by atoms with Crippen LogP contribution in [0.5, 0.6) is 0 Å². The average molecular weight is 1040 g/mol. The molecule has 3 aliphatic rings. The first-order valence-electron chi connectivity index (χ1n) is 25.1. The van der Waals surface area contributed by atoms with Gasteiger partial charge >= 0.3 is 0 Å². The summed E-state index contributed by atoms with van der Waals surface area (Å²) in [7, 11) is 0. The van der Waals surface area contributed by atoms with Gasteiger partial charge in [-0.05, 0) is 75.3 Å². The monoisotopic (exact) mass is 1040 g/mol. The molecule has 5 rings (SSSR count). The average Bonchev–Trinajstić information content (AvgIpc) is 4.22. The standard InChI is InChI=1S/C50H71N15O10/c51-34(16-7-21-56-49(52)53)42(69)61-35(17-8-22-57-50(54)55)46(73)65-25-11-20-40(65)48(75)64-24-9-18-38(64)44(71)58-28-41(68)60-36(27-32-14-5-2-6-15-32)43(70)62-37(30-67)47(74)63-23-10-19-39(63)45(72)59-33(29-66)26-31-12-3-1-4-13-31/h1-7,12-15,21,29,33-40,67H,8-11,16-20,22-28,30,51H2,(H,58,71)(H,59,72)(H,60,68)(H,61,69)(H,62,70)(H4,52,53,56)(H4,54,55,57)/b21-7+/t33-,34-,35-,36-,37-,38-,39-,40-/m0/s1. The fourth-order valence-corrected chi connectivity index (χ4v) is 9.31. The predicted molar refractivity (Wildman–Crippen MR) is 276 cm³/mol. The number of hydrogen-bond acceptors (Lipinski definition) is 13. The highest BCUT2D eigenvalue weighted by atomic mass is 16.3. The Morgan fingerprint density at radius 2 is 1.23 bits per heavy atom. The molecular formula is C50H71N15O10. The van der Waals surface area contributed by atoms with Gasteiger partial charge in [-0.3, -0.25) is 43.3 Å². The van der Waals surface area contributed by atoms with Crippen LogP contribution in [0.25, 0.3) is 0 Å². The molecule has 2 aromatic carbocycles. The third kappa shape index (κ3) is 17.3. The zero-order valence-corrected chi connectivity index (χ0v) is 41.9. The van der Waals surface area contributed by atoms with Gasteiger partial charge in [0.1, 0.15) is 42.5 Å². The van der Waals surface area contributed by atoms with Crippen molar-refractivity contribution in [3.8, 4) is 0 Å². The van der Waals surface area contributed by atoms with Gasteiger partial charge in [-0.15, -0.1) is 0 Å². The second-order valence-corrected chi connectivity index (χ2v) is 18.6. The Morgan fingerprint density at radius 1 is 0.667 bits per heavy atom. The van der Waals surface area contributed by atoms with Gasteiger partial charge in [-0.2, -0.15) is 0 Å². The molecule has 8 amide bonds. The number of nitrogens with zero attached hydrogens (tertiary/aromatic N) is 5. The minimum atomic E-state index is -1.50. The molecule has 75 heavy (non-hydrogen) atoms. The van der Waals surface area contributed by atoms with Gasteiger partial charge in [0.05, 0.1) is 25.2 Å². The maximum absolute atomic E-state index is 14.3. The van der Waals surface area contributed by atoms with E-state index in [0.717, 1.165) is 5.56 Å². The third-order valence-electron chi connectivity index (χ3n) is 13.1. The second-order valence-electron chi connectivity index (χ2n) is 18.6. The number of aldehydes is 1. The Balaban J connectivity index is 1.20. The van der Waals surface area contributed by atoms with Crippen LogP contribution in [-0.2, 0) is 56.0 Å². The van der Waals surface area contributed by atoms with Crippen LogP contribution in [0, 0.1) is 0 Å². The van der Waals surface area contributed by atoms with E-state index in [1.54, 1.807) is 30.3 Å². The second kappa shape index (κ2) is 29.1. The predicted octanol–water partition coefficient (Wildman–Crippen LogP) is -3.75. The highest BCUT2D eigenvalue weighted by Crippen LogP contribution is 2.26. The largest absolute Gasteiger partial charge is 0.394 e. The zero-order chi connectivity index (χ0) is 54.4. The first-order chi connectivity index (χ1) is 36.0. The molecule has 0 aliphatic carbocycles. The lowest BCUT2D eigenvalue weighted by atomic mass is 10.0. The quantitative estimate of drug-likeness (QED) is 0.0187. The number of benzene rings is 2. The SMILES string of the molecule is NC(N)=N/C=C/C[C@H](N)C(=O)N[C@@H](CCCN=C(N)N)C(=O)N1CCC[C@H]1C(=O)N1CCC[C@H]1C(=O)NCC(=O)N[C@@H](Cc1ccccc1)C(=O)N[C@@H](CO)C(=O)N1CCC[C@H]1C(=O)N[C@H](C=O)Cc1ccccc1. The number of hydrogen-bond donors (Lipinski definition) is 11. The van der Waals surface area contributed by atoms with Gasteiger partial charge < -0.3 is 79.9 Å². The lowest BCUT2D eigenvalue weighted by Crippen LogP contribution is -2.59. The zero-order valence-electron chi connectivity index (χ0n) is 41.9. The summed E-state index contributed by atoms with van der Waals surface area (Å²) in [6, 6.07) is 9.04. The normalized spacial score (nSPS) is 19.2. The number of aliphatic hydroxyl groups is 1. The van der Waals surface area contributed by atoms with Crippen molar-refractivity contribution in [3.63, 3.8) is 0 Å². The molecule has 0 unspecified atom stereocenters.